The number of anilines is 1. The van der Waals surface area contributed by atoms with E-state index in [2.05, 4.69) is 11.0 Å². The fraction of sp³-hybridized carbons (Fsp3) is 0.391. The zero-order valence-electron chi connectivity index (χ0n) is 15.8. The quantitative estimate of drug-likeness (QED) is 0.825. The minimum Gasteiger partial charge on any atom is -0.487 e. The molecule has 0 spiro atoms. The highest BCUT2D eigenvalue weighted by atomic mass is 16.5. The average Bonchev–Trinajstić information content (AvgIpc) is 3.45. The van der Waals surface area contributed by atoms with Crippen LogP contribution in [0.5, 0.6) is 5.75 Å². The van der Waals surface area contributed by atoms with Crippen LogP contribution in [0.25, 0.3) is 0 Å². The van der Waals surface area contributed by atoms with Crippen LogP contribution in [0.4, 0.5) is 5.69 Å². The second kappa shape index (κ2) is 6.96. The standard InChI is InChI=1S/C23H23N3O2/c24-12-16-5-7-17(8-6-16)13-25-15-19-11-21(25)23(27)26(14-18-9-10-18)20-3-1-2-4-22(20)28-19/h1-8,18-19,21H,9-11,13-15H2. The third-order valence-electron chi connectivity index (χ3n) is 5.97. The van der Waals surface area contributed by atoms with Crippen molar-refractivity contribution in [2.75, 3.05) is 18.0 Å². The van der Waals surface area contributed by atoms with Crippen molar-refractivity contribution in [3.05, 3.63) is 59.7 Å². The molecule has 5 rings (SSSR count). The normalized spacial score (nSPS) is 24.1. The lowest BCUT2D eigenvalue weighted by atomic mass is 10.1. The number of ether oxygens (including phenoxy) is 1. The number of benzene rings is 2. The lowest BCUT2D eigenvalue weighted by Crippen LogP contribution is -2.46. The molecule has 28 heavy (non-hydrogen) atoms. The van der Waals surface area contributed by atoms with E-state index in [1.54, 1.807) is 0 Å². The van der Waals surface area contributed by atoms with Crippen LogP contribution >= 0.6 is 0 Å². The Morgan fingerprint density at radius 3 is 2.64 bits per heavy atom. The van der Waals surface area contributed by atoms with Crippen molar-refractivity contribution in [2.45, 2.75) is 38.0 Å². The van der Waals surface area contributed by atoms with Crippen LogP contribution in [0.15, 0.2) is 48.5 Å². The van der Waals surface area contributed by atoms with Crippen LogP contribution in [-0.2, 0) is 11.3 Å². The molecule has 5 heteroatoms. The third kappa shape index (κ3) is 3.25. The Morgan fingerprint density at radius 1 is 1.11 bits per heavy atom. The SMILES string of the molecule is N#Cc1ccc(CN2CC3CC2C(=O)N(CC2CC2)c2ccccc2O3)cc1. The summed E-state index contributed by atoms with van der Waals surface area (Å²) >= 11 is 0. The van der Waals surface area contributed by atoms with Crippen molar-refractivity contribution in [1.82, 2.24) is 4.90 Å². The molecule has 2 aromatic carbocycles. The number of para-hydroxylation sites is 2. The molecule has 2 heterocycles. The van der Waals surface area contributed by atoms with Crippen molar-refractivity contribution in [2.24, 2.45) is 5.92 Å². The Hall–Kier alpha value is -2.84. The van der Waals surface area contributed by atoms with E-state index in [0.29, 0.717) is 18.0 Å². The molecule has 1 amide bonds. The van der Waals surface area contributed by atoms with Gasteiger partial charge in [0.25, 0.3) is 0 Å². The number of carbonyl (C=O) groups excluding carboxylic acids is 1. The highest BCUT2D eigenvalue weighted by Gasteiger charge is 2.43. The van der Waals surface area contributed by atoms with Crippen LogP contribution in [0, 0.1) is 17.2 Å². The Kier molecular flexibility index (Phi) is 4.29. The van der Waals surface area contributed by atoms with Crippen LogP contribution < -0.4 is 9.64 Å². The Labute approximate surface area is 165 Å². The highest BCUT2D eigenvalue weighted by molar-refractivity contribution is 5.99. The monoisotopic (exact) mass is 373 g/mol. The van der Waals surface area contributed by atoms with Gasteiger partial charge in [-0.05, 0) is 48.6 Å². The van der Waals surface area contributed by atoms with Crippen molar-refractivity contribution < 1.29 is 9.53 Å². The van der Waals surface area contributed by atoms with Gasteiger partial charge in [-0.2, -0.15) is 5.26 Å². The predicted octanol–water partition coefficient (Wildman–Crippen LogP) is 3.34. The van der Waals surface area contributed by atoms with Gasteiger partial charge in [-0.25, -0.2) is 0 Å². The van der Waals surface area contributed by atoms with Gasteiger partial charge in [0.05, 0.1) is 23.4 Å². The van der Waals surface area contributed by atoms with Gasteiger partial charge in [-0.15, -0.1) is 0 Å². The van der Waals surface area contributed by atoms with Gasteiger partial charge in [0.2, 0.25) is 5.91 Å². The summed E-state index contributed by atoms with van der Waals surface area (Å²) in [4.78, 5) is 17.8. The molecule has 1 saturated heterocycles. The fourth-order valence-corrected chi connectivity index (χ4v) is 4.30. The Bertz CT molecular complexity index is 930. The third-order valence-corrected chi connectivity index (χ3v) is 5.97. The Morgan fingerprint density at radius 2 is 1.89 bits per heavy atom. The first kappa shape index (κ1) is 17.3. The molecule has 2 aromatic rings. The van der Waals surface area contributed by atoms with Crippen molar-refractivity contribution >= 4 is 11.6 Å². The Balaban J connectivity index is 1.43. The largest absolute Gasteiger partial charge is 0.487 e. The van der Waals surface area contributed by atoms with Crippen LogP contribution in [0.3, 0.4) is 0 Å². The number of rotatable bonds is 4. The molecule has 2 aliphatic heterocycles. The van der Waals surface area contributed by atoms with E-state index < -0.39 is 0 Å². The number of fused-ring (bicyclic) bond motifs is 3. The summed E-state index contributed by atoms with van der Waals surface area (Å²) in [6.07, 6.45) is 3.16. The molecule has 2 unspecified atom stereocenters. The number of likely N-dealkylation sites (tertiary alicyclic amines) is 1. The van der Waals surface area contributed by atoms with Crippen LogP contribution in [0.1, 0.15) is 30.4 Å². The van der Waals surface area contributed by atoms with Crippen molar-refractivity contribution in [1.29, 1.82) is 5.26 Å². The minimum atomic E-state index is -0.159. The van der Waals surface area contributed by atoms with Gasteiger partial charge in [0, 0.05) is 26.1 Å². The zero-order chi connectivity index (χ0) is 19.1. The van der Waals surface area contributed by atoms with Gasteiger partial charge in [-0.3, -0.25) is 9.69 Å². The molecule has 0 aromatic heterocycles. The summed E-state index contributed by atoms with van der Waals surface area (Å²) in [5, 5.41) is 9.00. The van der Waals surface area contributed by atoms with Crippen LogP contribution in [0.2, 0.25) is 0 Å². The molecule has 1 saturated carbocycles. The number of nitrogens with zero attached hydrogens (tertiary/aromatic N) is 3. The molecular weight excluding hydrogens is 350 g/mol. The van der Waals surface area contributed by atoms with Gasteiger partial charge in [-0.1, -0.05) is 24.3 Å². The number of hydrogen-bond donors (Lipinski definition) is 0. The molecule has 3 aliphatic rings. The smallest absolute Gasteiger partial charge is 0.244 e. The molecule has 5 nitrogen and oxygen atoms in total. The molecule has 0 N–H and O–H groups in total. The maximum Gasteiger partial charge on any atom is 0.244 e. The van der Waals surface area contributed by atoms with Crippen molar-refractivity contribution in [3.8, 4) is 11.8 Å². The summed E-state index contributed by atoms with van der Waals surface area (Å²) in [6, 6.07) is 17.6. The van der Waals surface area contributed by atoms with Gasteiger partial charge >= 0.3 is 0 Å². The van der Waals surface area contributed by atoms with E-state index in [1.807, 2.05) is 53.4 Å². The molecule has 2 bridgehead atoms. The topological polar surface area (TPSA) is 56.6 Å². The number of amides is 1. The maximum atomic E-state index is 13.6. The lowest BCUT2D eigenvalue weighted by Gasteiger charge is -2.32. The zero-order valence-corrected chi connectivity index (χ0v) is 15.8. The highest BCUT2D eigenvalue weighted by Crippen LogP contribution is 2.39. The second-order valence-corrected chi connectivity index (χ2v) is 8.09. The first-order valence-corrected chi connectivity index (χ1v) is 10.0. The lowest BCUT2D eigenvalue weighted by molar-refractivity contribution is -0.123. The summed E-state index contributed by atoms with van der Waals surface area (Å²) in [5.41, 5.74) is 2.68. The predicted molar refractivity (Wildman–Crippen MR) is 106 cm³/mol. The summed E-state index contributed by atoms with van der Waals surface area (Å²) in [6.45, 7) is 2.21. The summed E-state index contributed by atoms with van der Waals surface area (Å²) in [5.74, 6) is 1.62. The van der Waals surface area contributed by atoms with Gasteiger partial charge in [0.15, 0.2) is 0 Å². The van der Waals surface area contributed by atoms with E-state index in [9.17, 15) is 4.79 Å². The maximum absolute atomic E-state index is 13.6. The van der Waals surface area contributed by atoms with E-state index in [1.165, 1.54) is 12.8 Å². The first-order chi connectivity index (χ1) is 13.7. The molecular formula is C23H23N3O2. The number of nitriles is 1. The van der Waals surface area contributed by atoms with E-state index in [-0.39, 0.29) is 18.1 Å². The number of carbonyl (C=O) groups is 1. The van der Waals surface area contributed by atoms with E-state index in [0.717, 1.165) is 36.5 Å². The average molecular weight is 373 g/mol. The van der Waals surface area contributed by atoms with E-state index >= 15 is 0 Å². The van der Waals surface area contributed by atoms with E-state index in [4.69, 9.17) is 10.00 Å². The van der Waals surface area contributed by atoms with Gasteiger partial charge < -0.3 is 9.64 Å². The molecule has 2 atom stereocenters. The fourth-order valence-electron chi connectivity index (χ4n) is 4.30. The van der Waals surface area contributed by atoms with Gasteiger partial charge in [0.1, 0.15) is 11.9 Å². The summed E-state index contributed by atoms with van der Waals surface area (Å²) < 4.78 is 6.33. The first-order valence-electron chi connectivity index (χ1n) is 10.0. The second-order valence-electron chi connectivity index (χ2n) is 8.09. The molecule has 1 aliphatic carbocycles. The number of hydrogen-bond acceptors (Lipinski definition) is 4. The van der Waals surface area contributed by atoms with Crippen LogP contribution in [-0.4, -0.2) is 36.0 Å². The molecule has 0 radical (unpaired) electrons. The minimum absolute atomic E-state index is 0.0246. The molecule has 2 fully saturated rings. The molecule has 142 valence electrons. The summed E-state index contributed by atoms with van der Waals surface area (Å²) in [7, 11) is 0. The van der Waals surface area contributed by atoms with Crippen molar-refractivity contribution in [3.63, 3.8) is 0 Å².